The number of aryl methyl sites for hydroxylation is 1. The number of thiocarbonyl (C=S) groups is 1. The minimum atomic E-state index is -0.00138. The molecule has 0 radical (unpaired) electrons. The molecule has 0 saturated carbocycles. The second kappa shape index (κ2) is 10.6. The van der Waals surface area contributed by atoms with Crippen LogP contribution in [0.5, 0.6) is 0 Å². The Hall–Kier alpha value is -2.94. The van der Waals surface area contributed by atoms with Gasteiger partial charge in [-0.25, -0.2) is 0 Å². The van der Waals surface area contributed by atoms with Gasteiger partial charge in [0, 0.05) is 55.1 Å². The van der Waals surface area contributed by atoms with Gasteiger partial charge < -0.3 is 29.3 Å². The molecule has 0 amide bonds. The Balaban J connectivity index is 1.50. The van der Waals surface area contributed by atoms with Crippen molar-refractivity contribution in [3.05, 3.63) is 77.4 Å². The molecule has 4 heterocycles. The SMILES string of the molecule is Cc1cc([C@H]2[C@@H](c3ccccn3)NC(=S)N2CCN(C)C)c(C)n1-c1ccc(N2CCOCC2)cc1. The first kappa shape index (κ1) is 24.7. The van der Waals surface area contributed by atoms with Gasteiger partial charge in [0.25, 0.3) is 0 Å². The van der Waals surface area contributed by atoms with Gasteiger partial charge in [0.15, 0.2) is 5.11 Å². The topological polar surface area (TPSA) is 48.8 Å². The summed E-state index contributed by atoms with van der Waals surface area (Å²) >= 11 is 5.85. The third-order valence-electron chi connectivity index (χ3n) is 7.26. The molecule has 1 N–H and O–H groups in total. The second-order valence-electron chi connectivity index (χ2n) is 9.90. The lowest BCUT2D eigenvalue weighted by atomic mass is 9.96. The maximum atomic E-state index is 5.85. The van der Waals surface area contributed by atoms with Crippen molar-refractivity contribution in [2.75, 3.05) is 58.4 Å². The number of rotatable bonds is 7. The molecule has 1 aromatic carbocycles. The van der Waals surface area contributed by atoms with E-state index in [0.717, 1.165) is 50.2 Å². The molecule has 7 nitrogen and oxygen atoms in total. The van der Waals surface area contributed by atoms with Gasteiger partial charge >= 0.3 is 0 Å². The number of likely N-dealkylation sites (N-methyl/N-ethyl adjacent to an activating group) is 1. The highest BCUT2D eigenvalue weighted by molar-refractivity contribution is 7.80. The predicted molar refractivity (Wildman–Crippen MR) is 149 cm³/mol. The van der Waals surface area contributed by atoms with Crippen molar-refractivity contribution < 1.29 is 4.74 Å². The zero-order valence-corrected chi connectivity index (χ0v) is 22.5. The van der Waals surface area contributed by atoms with Crippen LogP contribution < -0.4 is 10.2 Å². The number of aromatic nitrogens is 2. The van der Waals surface area contributed by atoms with E-state index >= 15 is 0 Å². The highest BCUT2D eigenvalue weighted by Gasteiger charge is 2.41. The molecule has 0 aliphatic carbocycles. The summed E-state index contributed by atoms with van der Waals surface area (Å²) in [5.41, 5.74) is 7.17. The highest BCUT2D eigenvalue weighted by atomic mass is 32.1. The van der Waals surface area contributed by atoms with E-state index in [1.54, 1.807) is 0 Å². The summed E-state index contributed by atoms with van der Waals surface area (Å²) in [6.07, 6.45) is 1.86. The summed E-state index contributed by atoms with van der Waals surface area (Å²) in [7, 11) is 4.20. The fraction of sp³-hybridized carbons (Fsp3) is 0.429. The minimum absolute atomic E-state index is 0.00138. The Morgan fingerprint density at radius 2 is 1.78 bits per heavy atom. The van der Waals surface area contributed by atoms with E-state index in [2.05, 4.69) is 88.9 Å². The van der Waals surface area contributed by atoms with Crippen LogP contribution in [0.25, 0.3) is 5.69 Å². The molecule has 5 rings (SSSR count). The molecule has 2 aromatic heterocycles. The zero-order chi connectivity index (χ0) is 25.2. The third kappa shape index (κ3) is 4.85. The maximum absolute atomic E-state index is 5.85. The molecular formula is C28H36N6OS. The lowest BCUT2D eigenvalue weighted by Gasteiger charge is -2.29. The maximum Gasteiger partial charge on any atom is 0.170 e. The Labute approximate surface area is 219 Å². The summed E-state index contributed by atoms with van der Waals surface area (Å²) in [6.45, 7) is 9.65. The molecule has 0 spiro atoms. The van der Waals surface area contributed by atoms with E-state index in [1.165, 1.54) is 28.3 Å². The Morgan fingerprint density at radius 1 is 1.06 bits per heavy atom. The van der Waals surface area contributed by atoms with Gasteiger partial charge in [-0.2, -0.15) is 0 Å². The number of anilines is 1. The third-order valence-corrected chi connectivity index (χ3v) is 7.61. The van der Waals surface area contributed by atoms with Crippen molar-refractivity contribution in [2.45, 2.75) is 25.9 Å². The number of morpholine rings is 1. The van der Waals surface area contributed by atoms with E-state index in [9.17, 15) is 0 Å². The standard InChI is InChI=1S/C28H36N6OS/c1-20-19-24(21(2)34(20)23-10-8-22(9-11-23)32-15-17-35-18-16-32)27-26(25-7-5-6-12-29-25)30-28(36)33(27)14-13-31(3)4/h5-12,19,26-27H,13-18H2,1-4H3,(H,30,36)/t26-,27+/m1/s1. The van der Waals surface area contributed by atoms with Crippen LogP contribution in [-0.2, 0) is 4.74 Å². The number of hydrogen-bond donors (Lipinski definition) is 1. The van der Waals surface area contributed by atoms with Crippen molar-refractivity contribution >= 4 is 23.0 Å². The van der Waals surface area contributed by atoms with Crippen molar-refractivity contribution in [2.24, 2.45) is 0 Å². The number of benzene rings is 1. The molecule has 2 aliphatic rings. The van der Waals surface area contributed by atoms with Gasteiger partial charge in [-0.3, -0.25) is 4.98 Å². The molecule has 2 atom stereocenters. The van der Waals surface area contributed by atoms with Crippen LogP contribution in [0.15, 0.2) is 54.7 Å². The normalized spacial score (nSPS) is 20.3. The number of nitrogens with zero attached hydrogens (tertiary/aromatic N) is 5. The fourth-order valence-corrected chi connectivity index (χ4v) is 5.74. The Morgan fingerprint density at radius 3 is 2.44 bits per heavy atom. The molecule has 190 valence electrons. The average molecular weight is 505 g/mol. The van der Waals surface area contributed by atoms with Crippen molar-refractivity contribution in [1.82, 2.24) is 24.7 Å². The average Bonchev–Trinajstić information content (AvgIpc) is 3.38. The lowest BCUT2D eigenvalue weighted by Crippen LogP contribution is -2.36. The second-order valence-corrected chi connectivity index (χ2v) is 10.3. The van der Waals surface area contributed by atoms with Gasteiger partial charge in [0.2, 0.25) is 0 Å². The number of pyridine rings is 1. The van der Waals surface area contributed by atoms with Crippen LogP contribution in [0.4, 0.5) is 5.69 Å². The lowest BCUT2D eigenvalue weighted by molar-refractivity contribution is 0.122. The van der Waals surface area contributed by atoms with Crippen LogP contribution in [0.1, 0.15) is 34.7 Å². The molecule has 2 fully saturated rings. The molecule has 3 aromatic rings. The van der Waals surface area contributed by atoms with Crippen LogP contribution in [0.2, 0.25) is 0 Å². The minimum Gasteiger partial charge on any atom is -0.378 e. The zero-order valence-electron chi connectivity index (χ0n) is 21.6. The molecule has 0 bridgehead atoms. The molecule has 0 unspecified atom stereocenters. The molecule has 8 heteroatoms. The Kier molecular flexibility index (Phi) is 7.27. The summed E-state index contributed by atoms with van der Waals surface area (Å²) in [6, 6.07) is 17.4. The van der Waals surface area contributed by atoms with Crippen LogP contribution in [0, 0.1) is 13.8 Å². The Bertz CT molecular complexity index is 1190. The highest BCUT2D eigenvalue weighted by Crippen LogP contribution is 2.41. The van der Waals surface area contributed by atoms with Crippen LogP contribution in [-0.4, -0.2) is 78.0 Å². The summed E-state index contributed by atoms with van der Waals surface area (Å²) in [5, 5.41) is 4.37. The molecular weight excluding hydrogens is 468 g/mol. The van der Waals surface area contributed by atoms with E-state index in [-0.39, 0.29) is 12.1 Å². The van der Waals surface area contributed by atoms with E-state index in [0.29, 0.717) is 0 Å². The van der Waals surface area contributed by atoms with Gasteiger partial charge in [0.05, 0.1) is 31.0 Å². The van der Waals surface area contributed by atoms with Gasteiger partial charge in [0.1, 0.15) is 0 Å². The predicted octanol–water partition coefficient (Wildman–Crippen LogP) is 3.86. The van der Waals surface area contributed by atoms with Crippen LogP contribution >= 0.6 is 12.2 Å². The van der Waals surface area contributed by atoms with Crippen molar-refractivity contribution in [1.29, 1.82) is 0 Å². The van der Waals surface area contributed by atoms with E-state index < -0.39 is 0 Å². The number of hydrogen-bond acceptors (Lipinski definition) is 5. The van der Waals surface area contributed by atoms with Crippen LogP contribution in [0.3, 0.4) is 0 Å². The first-order chi connectivity index (χ1) is 17.4. The monoisotopic (exact) mass is 504 g/mol. The molecule has 2 saturated heterocycles. The largest absolute Gasteiger partial charge is 0.378 e. The first-order valence-corrected chi connectivity index (χ1v) is 13.1. The van der Waals surface area contributed by atoms with E-state index in [1.807, 2.05) is 18.3 Å². The molecule has 36 heavy (non-hydrogen) atoms. The van der Waals surface area contributed by atoms with Gasteiger partial charge in [-0.15, -0.1) is 0 Å². The molecule has 2 aliphatic heterocycles. The van der Waals surface area contributed by atoms with Crippen molar-refractivity contribution in [3.8, 4) is 5.69 Å². The van der Waals surface area contributed by atoms with Gasteiger partial charge in [-0.1, -0.05) is 6.07 Å². The quantitative estimate of drug-likeness (QED) is 0.491. The summed E-state index contributed by atoms with van der Waals surface area (Å²) < 4.78 is 7.87. The van der Waals surface area contributed by atoms with Gasteiger partial charge in [-0.05, 0) is 88.2 Å². The number of nitrogens with one attached hydrogen (secondary N) is 1. The summed E-state index contributed by atoms with van der Waals surface area (Å²) in [4.78, 5) is 11.6. The fourth-order valence-electron chi connectivity index (χ4n) is 5.41. The number of ether oxygens (including phenoxy) is 1. The smallest absolute Gasteiger partial charge is 0.170 e. The van der Waals surface area contributed by atoms with Crippen molar-refractivity contribution in [3.63, 3.8) is 0 Å². The van der Waals surface area contributed by atoms with E-state index in [4.69, 9.17) is 21.9 Å². The first-order valence-electron chi connectivity index (χ1n) is 12.7. The summed E-state index contributed by atoms with van der Waals surface area (Å²) in [5.74, 6) is 0.